The summed E-state index contributed by atoms with van der Waals surface area (Å²) in [4.78, 5) is 10.0. The standard InChI is InChI=1S/C10H13ClN2O4S2/c1-2-12(6-7-3-4-7)19(16,17)9-5-8(13(14)15)10(11)18-9/h5,7H,2-4,6H2,1H3. The van der Waals surface area contributed by atoms with Gasteiger partial charge in [0.15, 0.2) is 4.34 Å². The van der Waals surface area contributed by atoms with Crippen molar-refractivity contribution in [3.63, 3.8) is 0 Å². The van der Waals surface area contributed by atoms with Gasteiger partial charge in [0.2, 0.25) is 0 Å². The summed E-state index contributed by atoms with van der Waals surface area (Å²) in [5.74, 6) is 0.417. The molecule has 19 heavy (non-hydrogen) atoms. The molecule has 1 aromatic rings. The Balaban J connectivity index is 2.31. The second kappa shape index (κ2) is 5.35. The minimum Gasteiger partial charge on any atom is -0.258 e. The highest BCUT2D eigenvalue weighted by atomic mass is 35.5. The van der Waals surface area contributed by atoms with Crippen molar-refractivity contribution in [1.82, 2.24) is 4.31 Å². The number of sulfonamides is 1. The van der Waals surface area contributed by atoms with Gasteiger partial charge in [-0.15, -0.1) is 11.3 Å². The van der Waals surface area contributed by atoms with Crippen LogP contribution in [-0.2, 0) is 10.0 Å². The van der Waals surface area contributed by atoms with Gasteiger partial charge in [0, 0.05) is 19.2 Å². The summed E-state index contributed by atoms with van der Waals surface area (Å²) in [5.41, 5.74) is -0.354. The Morgan fingerprint density at radius 3 is 2.63 bits per heavy atom. The molecule has 0 spiro atoms. The van der Waals surface area contributed by atoms with E-state index in [1.54, 1.807) is 6.92 Å². The molecule has 0 atom stereocenters. The summed E-state index contributed by atoms with van der Waals surface area (Å²) in [6.45, 7) is 2.58. The summed E-state index contributed by atoms with van der Waals surface area (Å²) in [6.07, 6.45) is 2.08. The zero-order valence-corrected chi connectivity index (χ0v) is 12.6. The van der Waals surface area contributed by atoms with E-state index < -0.39 is 14.9 Å². The number of nitro groups is 1. The lowest BCUT2D eigenvalue weighted by Crippen LogP contribution is -2.32. The zero-order chi connectivity index (χ0) is 14.2. The molecule has 1 fully saturated rings. The van der Waals surface area contributed by atoms with Gasteiger partial charge in [0.1, 0.15) is 4.21 Å². The van der Waals surface area contributed by atoms with E-state index >= 15 is 0 Å². The highest BCUT2D eigenvalue weighted by molar-refractivity contribution is 7.91. The smallest absolute Gasteiger partial charge is 0.258 e. The number of thiophene rings is 1. The molecule has 1 heterocycles. The van der Waals surface area contributed by atoms with Gasteiger partial charge in [0.25, 0.3) is 15.7 Å². The maximum Gasteiger partial charge on any atom is 0.300 e. The van der Waals surface area contributed by atoms with Crippen LogP contribution in [0.25, 0.3) is 0 Å². The molecule has 1 saturated carbocycles. The molecule has 1 aromatic heterocycles. The van der Waals surface area contributed by atoms with Gasteiger partial charge in [-0.1, -0.05) is 18.5 Å². The Morgan fingerprint density at radius 2 is 2.21 bits per heavy atom. The van der Waals surface area contributed by atoms with Gasteiger partial charge in [-0.05, 0) is 18.8 Å². The van der Waals surface area contributed by atoms with Crippen molar-refractivity contribution < 1.29 is 13.3 Å². The first-order valence-corrected chi connectivity index (χ1v) is 8.43. The third-order valence-corrected chi connectivity index (χ3v) is 6.68. The molecule has 0 aromatic carbocycles. The molecule has 0 saturated heterocycles. The fourth-order valence-corrected chi connectivity index (χ4v) is 5.05. The number of hydrogen-bond acceptors (Lipinski definition) is 5. The quantitative estimate of drug-likeness (QED) is 0.595. The van der Waals surface area contributed by atoms with Crippen LogP contribution in [0.5, 0.6) is 0 Å². The van der Waals surface area contributed by atoms with E-state index in [0.717, 1.165) is 30.2 Å². The van der Waals surface area contributed by atoms with Crippen LogP contribution in [0.1, 0.15) is 19.8 Å². The maximum absolute atomic E-state index is 12.4. The molecule has 6 nitrogen and oxygen atoms in total. The SMILES string of the molecule is CCN(CC1CC1)S(=O)(=O)c1cc([N+](=O)[O-])c(Cl)s1. The monoisotopic (exact) mass is 324 g/mol. The van der Waals surface area contributed by atoms with Crippen LogP contribution >= 0.6 is 22.9 Å². The minimum atomic E-state index is -3.68. The Hall–Kier alpha value is -0.700. The normalized spacial score (nSPS) is 15.9. The summed E-state index contributed by atoms with van der Waals surface area (Å²) < 4.78 is 25.9. The molecule has 2 rings (SSSR count). The highest BCUT2D eigenvalue weighted by Gasteiger charge is 2.33. The molecule has 106 valence electrons. The molecule has 0 N–H and O–H groups in total. The lowest BCUT2D eigenvalue weighted by molar-refractivity contribution is -0.384. The van der Waals surface area contributed by atoms with Gasteiger partial charge >= 0.3 is 0 Å². The molecule has 1 aliphatic carbocycles. The van der Waals surface area contributed by atoms with Crippen molar-refractivity contribution in [2.75, 3.05) is 13.1 Å². The van der Waals surface area contributed by atoms with Crippen molar-refractivity contribution >= 4 is 38.6 Å². The van der Waals surface area contributed by atoms with E-state index in [1.807, 2.05) is 0 Å². The number of halogens is 1. The van der Waals surface area contributed by atoms with Crippen molar-refractivity contribution in [2.45, 2.75) is 24.0 Å². The average Bonchev–Trinajstić information content (AvgIpc) is 3.06. The highest BCUT2D eigenvalue weighted by Crippen LogP contribution is 2.38. The van der Waals surface area contributed by atoms with E-state index in [9.17, 15) is 18.5 Å². The lowest BCUT2D eigenvalue weighted by atomic mass is 10.4. The van der Waals surface area contributed by atoms with Gasteiger partial charge in [0.05, 0.1) is 4.92 Å². The molecule has 0 unspecified atom stereocenters. The first kappa shape index (κ1) is 14.7. The second-order valence-corrected chi connectivity index (χ2v) is 8.20. The molecule has 0 aliphatic heterocycles. The van der Waals surface area contributed by atoms with Gasteiger partial charge in [-0.2, -0.15) is 4.31 Å². The van der Waals surface area contributed by atoms with Crippen molar-refractivity contribution in [1.29, 1.82) is 0 Å². The molecule has 9 heteroatoms. The first-order chi connectivity index (χ1) is 8.86. The summed E-state index contributed by atoms with van der Waals surface area (Å²) in [6, 6.07) is 1.04. The summed E-state index contributed by atoms with van der Waals surface area (Å²) in [7, 11) is -3.68. The van der Waals surface area contributed by atoms with Crippen molar-refractivity contribution in [3.05, 3.63) is 20.5 Å². The third kappa shape index (κ3) is 3.07. The largest absolute Gasteiger partial charge is 0.300 e. The van der Waals surface area contributed by atoms with Crippen LogP contribution in [0.4, 0.5) is 5.69 Å². The molecule has 0 amide bonds. The Kier molecular flexibility index (Phi) is 4.14. The Bertz CT molecular complexity index is 595. The van der Waals surface area contributed by atoms with Crippen LogP contribution < -0.4 is 0 Å². The maximum atomic E-state index is 12.4. The lowest BCUT2D eigenvalue weighted by Gasteiger charge is -2.18. The van der Waals surface area contributed by atoms with Crippen LogP contribution in [0.2, 0.25) is 4.34 Å². The van der Waals surface area contributed by atoms with E-state index in [4.69, 9.17) is 11.6 Å². The zero-order valence-electron chi connectivity index (χ0n) is 10.2. The molecular formula is C10H13ClN2O4S2. The fourth-order valence-electron chi connectivity index (χ4n) is 1.70. The molecule has 1 aliphatic rings. The van der Waals surface area contributed by atoms with Gasteiger partial charge < -0.3 is 0 Å². The van der Waals surface area contributed by atoms with Crippen LogP contribution in [0, 0.1) is 16.0 Å². The van der Waals surface area contributed by atoms with Crippen LogP contribution in [-0.4, -0.2) is 30.7 Å². The molecule has 0 bridgehead atoms. The predicted molar refractivity (Wildman–Crippen MR) is 73.1 cm³/mol. The van der Waals surface area contributed by atoms with E-state index in [1.165, 1.54) is 4.31 Å². The average molecular weight is 325 g/mol. The van der Waals surface area contributed by atoms with Crippen LogP contribution in [0.3, 0.4) is 0 Å². The topological polar surface area (TPSA) is 80.5 Å². The summed E-state index contributed by atoms with van der Waals surface area (Å²) in [5, 5.41) is 10.7. The Labute approximate surface area is 120 Å². The predicted octanol–water partition coefficient (Wildman–Crippen LogP) is 2.73. The first-order valence-electron chi connectivity index (χ1n) is 5.80. The van der Waals surface area contributed by atoms with Gasteiger partial charge in [-0.3, -0.25) is 10.1 Å². The number of nitrogens with zero attached hydrogens (tertiary/aromatic N) is 2. The molecular weight excluding hydrogens is 312 g/mol. The van der Waals surface area contributed by atoms with E-state index in [2.05, 4.69) is 0 Å². The third-order valence-electron chi connectivity index (χ3n) is 2.95. The minimum absolute atomic E-state index is 0.0632. The fraction of sp³-hybridized carbons (Fsp3) is 0.600. The summed E-state index contributed by atoms with van der Waals surface area (Å²) >= 11 is 6.44. The number of hydrogen-bond donors (Lipinski definition) is 0. The second-order valence-electron chi connectivity index (χ2n) is 4.38. The van der Waals surface area contributed by atoms with E-state index in [0.29, 0.717) is 19.0 Å². The van der Waals surface area contributed by atoms with Crippen molar-refractivity contribution in [3.8, 4) is 0 Å². The van der Waals surface area contributed by atoms with Crippen LogP contribution in [0.15, 0.2) is 10.3 Å². The van der Waals surface area contributed by atoms with E-state index in [-0.39, 0.29) is 14.2 Å². The van der Waals surface area contributed by atoms with Gasteiger partial charge in [-0.25, -0.2) is 8.42 Å². The Morgan fingerprint density at radius 1 is 1.58 bits per heavy atom. The molecule has 0 radical (unpaired) electrons. The van der Waals surface area contributed by atoms with Crippen molar-refractivity contribution in [2.24, 2.45) is 5.92 Å². The number of rotatable bonds is 6.